The summed E-state index contributed by atoms with van der Waals surface area (Å²) < 4.78 is 7.50. The van der Waals surface area contributed by atoms with Crippen LogP contribution in [0.5, 0.6) is 0 Å². The molecule has 1 unspecified atom stereocenters. The van der Waals surface area contributed by atoms with E-state index < -0.39 is 0 Å². The van der Waals surface area contributed by atoms with Crippen LogP contribution in [0.3, 0.4) is 0 Å². The smallest absolute Gasteiger partial charge is 0.221 e. The Bertz CT molecular complexity index is 905. The molecule has 0 spiro atoms. The molecule has 1 N–H and O–H groups in total. The second-order valence-corrected chi connectivity index (χ2v) is 6.93. The SMILES string of the molecule is O=C(CCn1cnc2ccccc21)NCC(c1cccnc1)N1CCOCC1. The van der Waals surface area contributed by atoms with Crippen molar-refractivity contribution < 1.29 is 9.53 Å². The monoisotopic (exact) mass is 379 g/mol. The Hall–Kier alpha value is -2.77. The van der Waals surface area contributed by atoms with Crippen molar-refractivity contribution in [1.29, 1.82) is 0 Å². The fourth-order valence-corrected chi connectivity index (χ4v) is 3.63. The van der Waals surface area contributed by atoms with Crippen LogP contribution >= 0.6 is 0 Å². The van der Waals surface area contributed by atoms with Gasteiger partial charge in [-0.1, -0.05) is 18.2 Å². The molecule has 146 valence electrons. The third kappa shape index (κ3) is 4.37. The van der Waals surface area contributed by atoms with Gasteiger partial charge in [-0.15, -0.1) is 0 Å². The number of nitrogens with zero attached hydrogens (tertiary/aromatic N) is 4. The molecule has 1 saturated heterocycles. The molecule has 1 atom stereocenters. The van der Waals surface area contributed by atoms with Gasteiger partial charge in [0.05, 0.1) is 36.6 Å². The number of ether oxygens (including phenoxy) is 1. The number of morpholine rings is 1. The van der Waals surface area contributed by atoms with E-state index in [1.54, 1.807) is 12.5 Å². The van der Waals surface area contributed by atoms with Gasteiger partial charge in [0.25, 0.3) is 0 Å². The summed E-state index contributed by atoms with van der Waals surface area (Å²) in [6.45, 7) is 4.33. The highest BCUT2D eigenvalue weighted by molar-refractivity contribution is 5.77. The molecule has 7 heteroatoms. The quantitative estimate of drug-likeness (QED) is 0.680. The predicted octanol–water partition coefficient (Wildman–Crippen LogP) is 2.01. The Morgan fingerprint density at radius 1 is 1.18 bits per heavy atom. The number of rotatable bonds is 7. The van der Waals surface area contributed by atoms with E-state index in [1.807, 2.05) is 41.1 Å². The highest BCUT2D eigenvalue weighted by atomic mass is 16.5. The molecule has 1 amide bonds. The Morgan fingerprint density at radius 2 is 2.04 bits per heavy atom. The number of carbonyl (C=O) groups excluding carboxylic acids is 1. The van der Waals surface area contributed by atoms with E-state index in [0.717, 1.165) is 42.9 Å². The van der Waals surface area contributed by atoms with E-state index >= 15 is 0 Å². The summed E-state index contributed by atoms with van der Waals surface area (Å²) in [6, 6.07) is 12.1. The molecular weight excluding hydrogens is 354 g/mol. The minimum absolute atomic E-state index is 0.0416. The Labute approximate surface area is 164 Å². The lowest BCUT2D eigenvalue weighted by Crippen LogP contribution is -2.44. The summed E-state index contributed by atoms with van der Waals surface area (Å²) in [5.41, 5.74) is 3.12. The maximum absolute atomic E-state index is 12.5. The van der Waals surface area contributed by atoms with Gasteiger partial charge in [-0.25, -0.2) is 4.98 Å². The van der Waals surface area contributed by atoms with Crippen LogP contribution in [0.25, 0.3) is 11.0 Å². The molecule has 4 rings (SSSR count). The van der Waals surface area contributed by atoms with Crippen LogP contribution in [-0.2, 0) is 16.1 Å². The van der Waals surface area contributed by atoms with Crippen LogP contribution in [0.1, 0.15) is 18.0 Å². The van der Waals surface area contributed by atoms with Crippen molar-refractivity contribution in [3.8, 4) is 0 Å². The number of amides is 1. The molecule has 0 radical (unpaired) electrons. The molecule has 1 fully saturated rings. The number of carbonyl (C=O) groups is 1. The van der Waals surface area contributed by atoms with Crippen molar-refractivity contribution in [2.45, 2.75) is 19.0 Å². The van der Waals surface area contributed by atoms with Gasteiger partial charge in [0, 0.05) is 45.0 Å². The summed E-state index contributed by atoms with van der Waals surface area (Å²) in [5, 5.41) is 3.11. The van der Waals surface area contributed by atoms with Gasteiger partial charge in [0.15, 0.2) is 0 Å². The lowest BCUT2D eigenvalue weighted by Gasteiger charge is -2.34. The maximum Gasteiger partial charge on any atom is 0.221 e. The number of nitrogens with one attached hydrogen (secondary N) is 1. The number of hydrogen-bond acceptors (Lipinski definition) is 5. The second kappa shape index (κ2) is 8.95. The molecule has 0 bridgehead atoms. The van der Waals surface area contributed by atoms with E-state index in [-0.39, 0.29) is 11.9 Å². The lowest BCUT2D eigenvalue weighted by atomic mass is 10.1. The summed E-state index contributed by atoms with van der Waals surface area (Å²) in [7, 11) is 0. The third-order valence-electron chi connectivity index (χ3n) is 5.16. The number of hydrogen-bond donors (Lipinski definition) is 1. The van der Waals surface area contributed by atoms with Gasteiger partial charge in [-0.2, -0.15) is 0 Å². The first-order valence-electron chi connectivity index (χ1n) is 9.69. The van der Waals surface area contributed by atoms with Gasteiger partial charge in [0.1, 0.15) is 0 Å². The molecule has 28 heavy (non-hydrogen) atoms. The van der Waals surface area contributed by atoms with Crippen LogP contribution in [0, 0.1) is 0 Å². The number of para-hydroxylation sites is 2. The number of aryl methyl sites for hydroxylation is 1. The van der Waals surface area contributed by atoms with Gasteiger partial charge in [-0.3, -0.25) is 14.7 Å². The number of pyridine rings is 1. The Morgan fingerprint density at radius 3 is 2.86 bits per heavy atom. The third-order valence-corrected chi connectivity index (χ3v) is 5.16. The van der Waals surface area contributed by atoms with Crippen molar-refractivity contribution in [1.82, 2.24) is 24.8 Å². The minimum atomic E-state index is 0.0416. The Balaban J connectivity index is 1.36. The molecule has 7 nitrogen and oxygen atoms in total. The average molecular weight is 379 g/mol. The van der Waals surface area contributed by atoms with Crippen molar-refractivity contribution >= 4 is 16.9 Å². The van der Waals surface area contributed by atoms with Crippen LogP contribution in [0.15, 0.2) is 55.1 Å². The van der Waals surface area contributed by atoms with Crippen LogP contribution in [0.4, 0.5) is 0 Å². The first kappa shape index (κ1) is 18.6. The normalized spacial score (nSPS) is 16.1. The zero-order chi connectivity index (χ0) is 19.2. The molecule has 1 aliphatic rings. The van der Waals surface area contributed by atoms with E-state index in [2.05, 4.69) is 26.3 Å². The molecule has 3 heterocycles. The summed E-state index contributed by atoms with van der Waals surface area (Å²) in [6.07, 6.45) is 5.87. The first-order valence-corrected chi connectivity index (χ1v) is 9.69. The number of imidazole rings is 1. The fourth-order valence-electron chi connectivity index (χ4n) is 3.63. The maximum atomic E-state index is 12.5. The van der Waals surface area contributed by atoms with Crippen LogP contribution < -0.4 is 5.32 Å². The summed E-state index contributed by atoms with van der Waals surface area (Å²) >= 11 is 0. The topological polar surface area (TPSA) is 72.3 Å². The van der Waals surface area contributed by atoms with Gasteiger partial charge >= 0.3 is 0 Å². The lowest BCUT2D eigenvalue weighted by molar-refractivity contribution is -0.121. The van der Waals surface area contributed by atoms with Crippen LogP contribution in [-0.4, -0.2) is 58.2 Å². The van der Waals surface area contributed by atoms with Crippen molar-refractivity contribution in [2.24, 2.45) is 0 Å². The van der Waals surface area contributed by atoms with E-state index in [9.17, 15) is 4.79 Å². The van der Waals surface area contributed by atoms with Gasteiger partial charge < -0.3 is 14.6 Å². The predicted molar refractivity (Wildman–Crippen MR) is 107 cm³/mol. The average Bonchev–Trinajstić information content (AvgIpc) is 3.17. The van der Waals surface area contributed by atoms with Gasteiger partial charge in [-0.05, 0) is 23.8 Å². The minimum Gasteiger partial charge on any atom is -0.379 e. The Kier molecular flexibility index (Phi) is 5.94. The molecular formula is C21H25N5O2. The zero-order valence-electron chi connectivity index (χ0n) is 15.8. The molecule has 1 aliphatic heterocycles. The van der Waals surface area contributed by atoms with Crippen LogP contribution in [0.2, 0.25) is 0 Å². The molecule has 1 aromatic carbocycles. The van der Waals surface area contributed by atoms with Crippen molar-refractivity contribution in [2.75, 3.05) is 32.8 Å². The first-order chi connectivity index (χ1) is 13.8. The summed E-state index contributed by atoms with van der Waals surface area (Å²) in [4.78, 5) is 23.5. The largest absolute Gasteiger partial charge is 0.379 e. The van der Waals surface area contributed by atoms with Crippen molar-refractivity contribution in [3.05, 3.63) is 60.7 Å². The molecule has 3 aromatic rings. The fraction of sp³-hybridized carbons (Fsp3) is 0.381. The van der Waals surface area contributed by atoms with E-state index in [4.69, 9.17) is 4.74 Å². The standard InChI is InChI=1S/C21H25N5O2/c27-21(7-9-26-16-24-18-5-1-2-6-19(18)26)23-15-20(17-4-3-8-22-14-17)25-10-12-28-13-11-25/h1-6,8,14,16,20H,7,9-13,15H2,(H,23,27). The van der Waals surface area contributed by atoms with Gasteiger partial charge in [0.2, 0.25) is 5.91 Å². The van der Waals surface area contributed by atoms with Crippen molar-refractivity contribution in [3.63, 3.8) is 0 Å². The number of fused-ring (bicyclic) bond motifs is 1. The second-order valence-electron chi connectivity index (χ2n) is 6.93. The number of benzene rings is 1. The molecule has 0 aliphatic carbocycles. The van der Waals surface area contributed by atoms with E-state index in [1.165, 1.54) is 0 Å². The van der Waals surface area contributed by atoms with E-state index in [0.29, 0.717) is 19.5 Å². The zero-order valence-corrected chi connectivity index (χ0v) is 15.8. The summed E-state index contributed by atoms with van der Waals surface area (Å²) in [5.74, 6) is 0.0416. The molecule has 0 saturated carbocycles. The molecule has 2 aromatic heterocycles. The number of aromatic nitrogens is 3. The highest BCUT2D eigenvalue weighted by Crippen LogP contribution is 2.20. The highest BCUT2D eigenvalue weighted by Gasteiger charge is 2.23.